The summed E-state index contributed by atoms with van der Waals surface area (Å²) in [6.07, 6.45) is 0.885. The molecule has 0 unspecified atom stereocenters. The van der Waals surface area contributed by atoms with Gasteiger partial charge in [0, 0.05) is 36.2 Å². The summed E-state index contributed by atoms with van der Waals surface area (Å²) in [7, 11) is 0. The van der Waals surface area contributed by atoms with E-state index in [1.165, 1.54) is 0 Å². The van der Waals surface area contributed by atoms with E-state index < -0.39 is 6.10 Å². The summed E-state index contributed by atoms with van der Waals surface area (Å²) in [5.74, 6) is 2.25. The highest BCUT2D eigenvalue weighted by Crippen LogP contribution is 2.40. The fourth-order valence-corrected chi connectivity index (χ4v) is 5.29. The Morgan fingerprint density at radius 1 is 1.10 bits per heavy atom. The van der Waals surface area contributed by atoms with Gasteiger partial charge in [-0.3, -0.25) is 0 Å². The van der Waals surface area contributed by atoms with E-state index in [0.717, 1.165) is 53.9 Å². The van der Waals surface area contributed by atoms with Gasteiger partial charge >= 0.3 is 0 Å². The summed E-state index contributed by atoms with van der Waals surface area (Å²) in [5, 5.41) is 23.1. The average Bonchev–Trinajstić information content (AvgIpc) is 3.37. The minimum Gasteiger partial charge on any atom is -0.488 e. The predicted molar refractivity (Wildman–Crippen MR) is 120 cm³/mol. The summed E-state index contributed by atoms with van der Waals surface area (Å²) < 4.78 is 6.25. The van der Waals surface area contributed by atoms with Gasteiger partial charge in [0.05, 0.1) is 6.10 Å². The molecule has 0 spiro atoms. The van der Waals surface area contributed by atoms with Gasteiger partial charge in [-0.15, -0.1) is 10.2 Å². The van der Waals surface area contributed by atoms with Gasteiger partial charge in [-0.25, -0.2) is 9.97 Å². The van der Waals surface area contributed by atoms with Crippen molar-refractivity contribution in [1.82, 2.24) is 20.2 Å². The smallest absolute Gasteiger partial charge is 0.227 e. The highest BCUT2D eigenvalue weighted by molar-refractivity contribution is 7.13. The maximum Gasteiger partial charge on any atom is 0.227 e. The van der Waals surface area contributed by atoms with Gasteiger partial charge in [0.15, 0.2) is 0 Å². The number of nitrogens with zero attached hydrogens (tertiary/aromatic N) is 5. The normalized spacial score (nSPS) is 25.3. The molecule has 2 fully saturated rings. The molecule has 2 aliphatic rings. The molecule has 3 aromatic rings. The van der Waals surface area contributed by atoms with Crippen molar-refractivity contribution in [2.24, 2.45) is 11.8 Å². The van der Waals surface area contributed by atoms with Crippen molar-refractivity contribution >= 4 is 28.1 Å². The van der Waals surface area contributed by atoms with Crippen LogP contribution in [0.2, 0.25) is 0 Å². The molecule has 5 rings (SSSR count). The number of aliphatic hydroxyl groups is 1. The van der Waals surface area contributed by atoms with E-state index in [-0.39, 0.29) is 6.10 Å². The molecular formula is C22H26N6O2S. The number of aliphatic hydroxyl groups excluding tert-OH is 1. The standard InChI is InChI=1S/C22H26N6O2S/c1-13-6-14(2)25-21(24-13)26-17-4-3-5-18(9-17)30-20-8-16-11-28(22-27-23-12-31-22)10-15(16)7-19(20)29/h3-6,9,12,15-16,19-20,29H,7-8,10-11H2,1-2H3,(H,24,25,26)/t15-,16+,19+,20+/m0/s1. The van der Waals surface area contributed by atoms with Gasteiger partial charge in [-0.1, -0.05) is 17.4 Å². The third-order valence-corrected chi connectivity index (χ3v) is 6.81. The van der Waals surface area contributed by atoms with Crippen molar-refractivity contribution in [1.29, 1.82) is 0 Å². The lowest BCUT2D eigenvalue weighted by molar-refractivity contribution is -0.0231. The number of nitrogens with one attached hydrogen (secondary N) is 1. The molecule has 1 saturated carbocycles. The molecule has 4 atom stereocenters. The van der Waals surface area contributed by atoms with Crippen molar-refractivity contribution in [2.75, 3.05) is 23.3 Å². The molecule has 162 valence electrons. The minimum atomic E-state index is -0.477. The highest BCUT2D eigenvalue weighted by Gasteiger charge is 2.43. The number of aromatic nitrogens is 4. The van der Waals surface area contributed by atoms with Gasteiger partial charge in [-0.05, 0) is 56.7 Å². The lowest BCUT2D eigenvalue weighted by Gasteiger charge is -2.35. The van der Waals surface area contributed by atoms with Crippen LogP contribution < -0.4 is 15.0 Å². The Morgan fingerprint density at radius 3 is 2.61 bits per heavy atom. The third-order valence-electron chi connectivity index (χ3n) is 6.06. The summed E-state index contributed by atoms with van der Waals surface area (Å²) in [4.78, 5) is 11.2. The summed E-state index contributed by atoms with van der Waals surface area (Å²) in [5.41, 5.74) is 4.46. The van der Waals surface area contributed by atoms with Crippen LogP contribution in [-0.2, 0) is 0 Å². The Balaban J connectivity index is 1.25. The van der Waals surface area contributed by atoms with E-state index in [1.807, 2.05) is 44.2 Å². The maximum atomic E-state index is 10.8. The summed E-state index contributed by atoms with van der Waals surface area (Å²) in [6.45, 7) is 5.77. The molecule has 1 aliphatic heterocycles. The minimum absolute atomic E-state index is 0.219. The first kappa shape index (κ1) is 20.1. The number of hydrogen-bond donors (Lipinski definition) is 2. The number of fused-ring (bicyclic) bond motifs is 1. The van der Waals surface area contributed by atoms with E-state index in [1.54, 1.807) is 16.8 Å². The summed E-state index contributed by atoms with van der Waals surface area (Å²) in [6, 6.07) is 9.69. The second kappa shape index (κ2) is 8.39. The van der Waals surface area contributed by atoms with Crippen molar-refractivity contribution in [3.8, 4) is 5.75 Å². The first-order valence-electron chi connectivity index (χ1n) is 10.6. The number of anilines is 3. The van der Waals surface area contributed by atoms with Gasteiger partial charge < -0.3 is 20.1 Å². The van der Waals surface area contributed by atoms with Crippen LogP contribution in [0.25, 0.3) is 0 Å². The number of hydrogen-bond acceptors (Lipinski definition) is 9. The largest absolute Gasteiger partial charge is 0.488 e. The third kappa shape index (κ3) is 4.47. The number of rotatable bonds is 5. The zero-order chi connectivity index (χ0) is 21.4. The fourth-order valence-electron chi connectivity index (χ4n) is 4.71. The Morgan fingerprint density at radius 2 is 1.87 bits per heavy atom. The molecule has 1 aromatic carbocycles. The lowest BCUT2D eigenvalue weighted by atomic mass is 9.78. The van der Waals surface area contributed by atoms with Crippen molar-refractivity contribution < 1.29 is 9.84 Å². The molecule has 1 saturated heterocycles. The molecule has 2 aromatic heterocycles. The van der Waals surface area contributed by atoms with Gasteiger partial charge in [-0.2, -0.15) is 0 Å². The van der Waals surface area contributed by atoms with Crippen molar-refractivity contribution in [3.63, 3.8) is 0 Å². The zero-order valence-electron chi connectivity index (χ0n) is 17.6. The lowest BCUT2D eigenvalue weighted by Crippen LogP contribution is -2.42. The van der Waals surface area contributed by atoms with Gasteiger partial charge in [0.1, 0.15) is 17.4 Å². The van der Waals surface area contributed by atoms with Crippen LogP contribution in [-0.4, -0.2) is 50.6 Å². The SMILES string of the molecule is Cc1cc(C)nc(Nc2cccc(O[C@@H]3C[C@@H]4CN(c5nncs5)C[C@@H]4C[C@H]3O)c2)n1. The molecule has 0 amide bonds. The van der Waals surface area contributed by atoms with Crippen LogP contribution in [0.1, 0.15) is 24.2 Å². The van der Waals surface area contributed by atoms with E-state index in [9.17, 15) is 5.11 Å². The molecular weight excluding hydrogens is 412 g/mol. The molecule has 31 heavy (non-hydrogen) atoms. The van der Waals surface area contributed by atoms with Gasteiger partial charge in [0.2, 0.25) is 11.1 Å². The quantitative estimate of drug-likeness (QED) is 0.626. The van der Waals surface area contributed by atoms with Crippen LogP contribution in [0.15, 0.2) is 35.8 Å². The molecule has 3 heterocycles. The second-order valence-electron chi connectivity index (χ2n) is 8.47. The van der Waals surface area contributed by atoms with Crippen LogP contribution in [0, 0.1) is 25.7 Å². The molecule has 2 N–H and O–H groups in total. The Bertz CT molecular complexity index is 1030. The molecule has 0 radical (unpaired) electrons. The Labute approximate surface area is 185 Å². The highest BCUT2D eigenvalue weighted by atomic mass is 32.1. The first-order chi connectivity index (χ1) is 15.0. The van der Waals surface area contributed by atoms with E-state index >= 15 is 0 Å². The number of aryl methyl sites for hydroxylation is 2. The van der Waals surface area contributed by atoms with Crippen molar-refractivity contribution in [2.45, 2.75) is 38.9 Å². The first-order valence-corrected chi connectivity index (χ1v) is 11.5. The molecule has 8 nitrogen and oxygen atoms in total. The number of benzene rings is 1. The van der Waals surface area contributed by atoms with Gasteiger partial charge in [0.25, 0.3) is 0 Å². The fraction of sp³-hybridized carbons (Fsp3) is 0.455. The Hall–Kier alpha value is -2.78. The predicted octanol–water partition coefficient (Wildman–Crippen LogP) is 3.34. The van der Waals surface area contributed by atoms with Crippen LogP contribution in [0.3, 0.4) is 0 Å². The zero-order valence-corrected chi connectivity index (χ0v) is 18.4. The topological polar surface area (TPSA) is 96.3 Å². The second-order valence-corrected chi connectivity index (χ2v) is 9.28. The van der Waals surface area contributed by atoms with Crippen molar-refractivity contribution in [3.05, 3.63) is 47.2 Å². The van der Waals surface area contributed by atoms with Crippen LogP contribution in [0.5, 0.6) is 5.75 Å². The summed E-state index contributed by atoms with van der Waals surface area (Å²) >= 11 is 1.57. The molecule has 1 aliphatic carbocycles. The van der Waals surface area contributed by atoms with E-state index in [4.69, 9.17) is 4.74 Å². The van der Waals surface area contributed by atoms with Crippen LogP contribution in [0.4, 0.5) is 16.8 Å². The van der Waals surface area contributed by atoms with E-state index in [0.29, 0.717) is 17.8 Å². The van der Waals surface area contributed by atoms with Crippen LogP contribution >= 0.6 is 11.3 Å². The maximum absolute atomic E-state index is 10.8. The van der Waals surface area contributed by atoms with E-state index in [2.05, 4.69) is 30.4 Å². The molecule has 9 heteroatoms. The Kier molecular flexibility index (Phi) is 5.45. The average molecular weight is 439 g/mol. The monoisotopic (exact) mass is 438 g/mol. The number of ether oxygens (including phenoxy) is 1. The molecule has 0 bridgehead atoms.